The molecule has 0 aliphatic heterocycles. The van der Waals surface area contributed by atoms with E-state index in [4.69, 9.17) is 28.4 Å². The molecule has 0 heterocycles. The van der Waals surface area contributed by atoms with Gasteiger partial charge < -0.3 is 28.4 Å². The lowest BCUT2D eigenvalue weighted by Crippen LogP contribution is -2.41. The van der Waals surface area contributed by atoms with E-state index in [2.05, 4.69) is 0 Å². The second-order valence-corrected chi connectivity index (χ2v) is 15.4. The largest absolute Gasteiger partial charge is 0.488 e. The van der Waals surface area contributed by atoms with Crippen molar-refractivity contribution in [1.29, 1.82) is 0 Å². The van der Waals surface area contributed by atoms with Crippen molar-refractivity contribution in [2.45, 2.75) is 65.3 Å². The van der Waals surface area contributed by atoms with Crippen molar-refractivity contribution in [3.63, 3.8) is 0 Å². The SMILES string of the molecule is Cc1c(OCc2ccccc2)cc(C(=O)O[C@H]2Cc3ccccc3C[C@H]2OC(=O)c2cc(OCc3ccccc3)c(C)c(OCc3ccccc3)c2)cc1OCc1ccccc1. The highest BCUT2D eigenvalue weighted by molar-refractivity contribution is 5.92. The number of esters is 2. The molecular formula is C54H48O8. The number of hydrogen-bond acceptors (Lipinski definition) is 8. The third kappa shape index (κ3) is 10.5. The average molecular weight is 825 g/mol. The molecule has 8 heteroatoms. The molecule has 0 amide bonds. The molecule has 0 N–H and O–H groups in total. The summed E-state index contributed by atoms with van der Waals surface area (Å²) in [5.74, 6) is 0.814. The zero-order valence-electron chi connectivity index (χ0n) is 34.8. The highest BCUT2D eigenvalue weighted by Crippen LogP contribution is 2.35. The van der Waals surface area contributed by atoms with Crippen LogP contribution in [0.3, 0.4) is 0 Å². The van der Waals surface area contributed by atoms with Crippen LogP contribution in [-0.4, -0.2) is 24.1 Å². The minimum atomic E-state index is -0.793. The van der Waals surface area contributed by atoms with Crippen molar-refractivity contribution in [2.24, 2.45) is 0 Å². The molecule has 1 aliphatic rings. The lowest BCUT2D eigenvalue weighted by molar-refractivity contribution is -0.0390. The zero-order chi connectivity index (χ0) is 42.7. The minimum absolute atomic E-state index is 0.254. The van der Waals surface area contributed by atoms with Crippen molar-refractivity contribution in [3.05, 3.63) is 225 Å². The zero-order valence-corrected chi connectivity index (χ0v) is 34.8. The first-order chi connectivity index (χ1) is 30.4. The van der Waals surface area contributed by atoms with Crippen LogP contribution >= 0.6 is 0 Å². The normalized spacial score (nSPS) is 14.2. The Bertz CT molecular complexity index is 2280. The van der Waals surface area contributed by atoms with Crippen LogP contribution in [0.5, 0.6) is 23.0 Å². The molecule has 62 heavy (non-hydrogen) atoms. The smallest absolute Gasteiger partial charge is 0.338 e. The lowest BCUT2D eigenvalue weighted by Gasteiger charge is -2.32. The van der Waals surface area contributed by atoms with Gasteiger partial charge in [0.1, 0.15) is 61.6 Å². The van der Waals surface area contributed by atoms with Gasteiger partial charge in [0, 0.05) is 24.0 Å². The third-order valence-corrected chi connectivity index (χ3v) is 10.9. The molecule has 0 radical (unpaired) electrons. The molecule has 7 aromatic rings. The molecule has 1 aliphatic carbocycles. The molecular weight excluding hydrogens is 777 g/mol. The van der Waals surface area contributed by atoms with Gasteiger partial charge in [-0.2, -0.15) is 0 Å². The average Bonchev–Trinajstić information content (AvgIpc) is 3.31. The maximum Gasteiger partial charge on any atom is 0.338 e. The summed E-state index contributed by atoms with van der Waals surface area (Å²) in [6.45, 7) is 5.01. The van der Waals surface area contributed by atoms with Crippen molar-refractivity contribution < 1.29 is 38.0 Å². The van der Waals surface area contributed by atoms with Gasteiger partial charge >= 0.3 is 11.9 Å². The summed E-state index contributed by atoms with van der Waals surface area (Å²) in [4.78, 5) is 28.6. The van der Waals surface area contributed by atoms with Crippen LogP contribution in [0.15, 0.2) is 170 Å². The van der Waals surface area contributed by atoms with E-state index in [0.29, 0.717) is 62.3 Å². The van der Waals surface area contributed by atoms with Crippen LogP contribution in [0, 0.1) is 13.8 Å². The van der Waals surface area contributed by atoms with Gasteiger partial charge in [0.2, 0.25) is 0 Å². The standard InChI is InChI=1S/C54H48O8/c1-37-47(57-33-39-17-7-3-8-18-39)29-45(30-48(37)58-34-40-19-9-4-10-20-40)53(55)61-51-27-43-25-15-16-26-44(43)28-52(51)62-54(56)46-31-49(59-35-41-21-11-5-12-22-41)38(2)50(32-46)60-36-42-23-13-6-14-24-42/h3-26,29-32,51-52H,27-28,33-36H2,1-2H3/t51-,52+. The summed E-state index contributed by atoms with van der Waals surface area (Å²) < 4.78 is 37.9. The Kier molecular flexibility index (Phi) is 13.2. The predicted octanol–water partition coefficient (Wildman–Crippen LogP) is 11.2. The molecule has 0 saturated heterocycles. The number of rotatable bonds is 16. The Morgan fingerprint density at radius 3 is 0.935 bits per heavy atom. The van der Waals surface area contributed by atoms with Gasteiger partial charge in [0.25, 0.3) is 0 Å². The van der Waals surface area contributed by atoms with Crippen LogP contribution in [0.4, 0.5) is 0 Å². The van der Waals surface area contributed by atoms with Gasteiger partial charge in [-0.25, -0.2) is 9.59 Å². The van der Waals surface area contributed by atoms with E-state index in [-0.39, 0.29) is 11.1 Å². The van der Waals surface area contributed by atoms with Gasteiger partial charge in [-0.1, -0.05) is 146 Å². The van der Waals surface area contributed by atoms with Crippen molar-refractivity contribution in [3.8, 4) is 23.0 Å². The second kappa shape index (κ2) is 19.8. The molecule has 0 unspecified atom stereocenters. The van der Waals surface area contributed by atoms with Crippen LogP contribution in [0.1, 0.15) is 65.2 Å². The van der Waals surface area contributed by atoms with Gasteiger partial charge in [-0.15, -0.1) is 0 Å². The van der Waals surface area contributed by atoms with E-state index in [9.17, 15) is 9.59 Å². The summed E-state index contributed by atoms with van der Waals surface area (Å²) >= 11 is 0. The molecule has 0 bridgehead atoms. The van der Waals surface area contributed by atoms with Crippen molar-refractivity contribution in [2.75, 3.05) is 0 Å². The molecule has 0 fully saturated rings. The Balaban J connectivity index is 1.06. The number of hydrogen-bond donors (Lipinski definition) is 0. The quantitative estimate of drug-likeness (QED) is 0.0890. The fraction of sp³-hybridized carbons (Fsp3) is 0.185. The lowest BCUT2D eigenvalue weighted by atomic mass is 9.87. The fourth-order valence-corrected chi connectivity index (χ4v) is 7.40. The topological polar surface area (TPSA) is 89.5 Å². The monoisotopic (exact) mass is 824 g/mol. The minimum Gasteiger partial charge on any atom is -0.488 e. The summed E-state index contributed by atoms with van der Waals surface area (Å²) in [6, 6.07) is 54.0. The third-order valence-electron chi connectivity index (χ3n) is 10.9. The van der Waals surface area contributed by atoms with Crippen LogP contribution in [0.25, 0.3) is 0 Å². The molecule has 7 aromatic carbocycles. The number of fused-ring (bicyclic) bond motifs is 1. The van der Waals surface area contributed by atoms with E-state index in [1.54, 1.807) is 24.3 Å². The van der Waals surface area contributed by atoms with Gasteiger partial charge in [0.15, 0.2) is 0 Å². The first-order valence-corrected chi connectivity index (χ1v) is 20.8. The number of carbonyl (C=O) groups excluding carboxylic acids is 2. The molecule has 0 spiro atoms. The molecule has 0 aromatic heterocycles. The van der Waals surface area contributed by atoms with Crippen LogP contribution in [-0.2, 0) is 48.7 Å². The van der Waals surface area contributed by atoms with E-state index in [1.165, 1.54) is 0 Å². The highest BCUT2D eigenvalue weighted by atomic mass is 16.6. The van der Waals surface area contributed by atoms with E-state index in [0.717, 1.165) is 44.5 Å². The Hall–Kier alpha value is -7.32. The first kappa shape index (κ1) is 41.4. The Morgan fingerprint density at radius 2 is 0.661 bits per heavy atom. The van der Waals surface area contributed by atoms with Crippen LogP contribution in [0.2, 0.25) is 0 Å². The number of carbonyl (C=O) groups is 2. The maximum atomic E-state index is 14.3. The van der Waals surface area contributed by atoms with Crippen LogP contribution < -0.4 is 18.9 Å². The fourth-order valence-electron chi connectivity index (χ4n) is 7.40. The van der Waals surface area contributed by atoms with Crippen molar-refractivity contribution in [1.82, 2.24) is 0 Å². The van der Waals surface area contributed by atoms with E-state index < -0.39 is 24.1 Å². The Labute approximate surface area is 362 Å². The second-order valence-electron chi connectivity index (χ2n) is 15.4. The van der Waals surface area contributed by atoms with Gasteiger partial charge in [-0.3, -0.25) is 0 Å². The highest BCUT2D eigenvalue weighted by Gasteiger charge is 2.35. The molecule has 8 rings (SSSR count). The number of ether oxygens (including phenoxy) is 6. The Morgan fingerprint density at radius 1 is 0.403 bits per heavy atom. The van der Waals surface area contributed by atoms with Gasteiger partial charge in [-0.05, 0) is 71.5 Å². The summed E-state index contributed by atoms with van der Waals surface area (Å²) in [6.07, 6.45) is -0.882. The summed E-state index contributed by atoms with van der Waals surface area (Å²) in [5, 5.41) is 0. The summed E-state index contributed by atoms with van der Waals surface area (Å²) in [7, 11) is 0. The van der Waals surface area contributed by atoms with E-state index in [1.807, 2.05) is 159 Å². The molecule has 2 atom stereocenters. The summed E-state index contributed by atoms with van der Waals surface area (Å²) in [5.41, 5.74) is 7.98. The molecule has 8 nitrogen and oxygen atoms in total. The van der Waals surface area contributed by atoms with Gasteiger partial charge in [0.05, 0.1) is 11.1 Å². The molecule has 0 saturated carbocycles. The number of benzene rings is 7. The predicted molar refractivity (Wildman–Crippen MR) is 238 cm³/mol. The van der Waals surface area contributed by atoms with Crippen molar-refractivity contribution >= 4 is 11.9 Å². The maximum absolute atomic E-state index is 14.3. The molecule has 312 valence electrons. The van der Waals surface area contributed by atoms with E-state index >= 15 is 0 Å². The first-order valence-electron chi connectivity index (χ1n) is 20.8.